The third-order valence-electron chi connectivity index (χ3n) is 10.5. The van der Waals surface area contributed by atoms with Crippen molar-refractivity contribution in [2.24, 2.45) is 0 Å². The highest BCUT2D eigenvalue weighted by Crippen LogP contribution is 2.54. The van der Waals surface area contributed by atoms with Crippen LogP contribution in [0.1, 0.15) is 54.0 Å². The van der Waals surface area contributed by atoms with E-state index in [0.717, 1.165) is 0 Å². The van der Waals surface area contributed by atoms with E-state index in [1.165, 1.54) is 95.6 Å². The van der Waals surface area contributed by atoms with Crippen LogP contribution in [0.15, 0.2) is 140 Å². The summed E-state index contributed by atoms with van der Waals surface area (Å²) in [5.74, 6) is 0.483. The second-order valence-corrected chi connectivity index (χ2v) is 13.2. The van der Waals surface area contributed by atoms with Crippen LogP contribution in [0.2, 0.25) is 0 Å². The van der Waals surface area contributed by atoms with Crippen molar-refractivity contribution in [3.05, 3.63) is 167 Å². The maximum absolute atomic E-state index is 2.52. The summed E-state index contributed by atoms with van der Waals surface area (Å²) in [4.78, 5) is 0. The fourth-order valence-electron chi connectivity index (χ4n) is 8.38. The highest BCUT2D eigenvalue weighted by atomic mass is 14.4. The van der Waals surface area contributed by atoms with Crippen LogP contribution in [0.5, 0.6) is 0 Å². The first-order valence-corrected chi connectivity index (χ1v) is 16.0. The van der Waals surface area contributed by atoms with Crippen molar-refractivity contribution in [3.8, 4) is 33.4 Å². The Labute approximate surface area is 259 Å². The van der Waals surface area contributed by atoms with Gasteiger partial charge in [-0.15, -0.1) is 0 Å². The lowest BCUT2D eigenvalue weighted by atomic mass is 9.78. The number of fused-ring (bicyclic) bond motifs is 8. The summed E-state index contributed by atoms with van der Waals surface area (Å²) in [6, 6.07) is 52.4. The Morgan fingerprint density at radius 1 is 0.500 bits per heavy atom. The van der Waals surface area contributed by atoms with Gasteiger partial charge in [0.1, 0.15) is 0 Å². The molecule has 0 bridgehead atoms. The molecule has 0 saturated carbocycles. The molecule has 0 heteroatoms. The smallest absolute Gasteiger partial charge is 0.0165 e. The lowest BCUT2D eigenvalue weighted by molar-refractivity contribution is 0.665. The van der Waals surface area contributed by atoms with Crippen LogP contribution in [0, 0.1) is 0 Å². The van der Waals surface area contributed by atoms with Gasteiger partial charge >= 0.3 is 0 Å². The van der Waals surface area contributed by atoms with E-state index in [0.29, 0.717) is 5.92 Å². The largest absolute Gasteiger partial charge is 0.0622 e. The second kappa shape index (κ2) is 9.53. The van der Waals surface area contributed by atoms with Crippen LogP contribution >= 0.6 is 0 Å². The standard InChI is InChI=1S/C44H34/c1-44(2)42-24-19-32(34-20-17-30-15-9-10-16-33(30)34)26-40(42)37-23-22-36-35-21-18-31(28-11-5-3-6-12-28)25-39(35)38(27-41(36)43(37)44)29-13-7-4-8-14-29/h3-16,18-19,21-27,34H,17,20H2,1-2H3. The quantitative estimate of drug-likeness (QED) is 0.188. The number of hydrogen-bond donors (Lipinski definition) is 0. The van der Waals surface area contributed by atoms with Gasteiger partial charge in [-0.2, -0.15) is 0 Å². The molecule has 0 amide bonds. The van der Waals surface area contributed by atoms with Gasteiger partial charge in [-0.1, -0.05) is 141 Å². The predicted molar refractivity (Wildman–Crippen MR) is 186 cm³/mol. The second-order valence-electron chi connectivity index (χ2n) is 13.2. The minimum atomic E-state index is -0.0953. The summed E-state index contributed by atoms with van der Waals surface area (Å²) in [5.41, 5.74) is 15.2. The highest BCUT2D eigenvalue weighted by molar-refractivity contribution is 6.17. The summed E-state index contributed by atoms with van der Waals surface area (Å²) >= 11 is 0. The van der Waals surface area contributed by atoms with E-state index in [4.69, 9.17) is 0 Å². The van der Waals surface area contributed by atoms with Crippen LogP contribution in [0.4, 0.5) is 0 Å². The maximum atomic E-state index is 2.52. The average molecular weight is 563 g/mol. The molecule has 0 nitrogen and oxygen atoms in total. The van der Waals surface area contributed by atoms with Crippen LogP contribution in [-0.4, -0.2) is 0 Å². The van der Waals surface area contributed by atoms with Crippen molar-refractivity contribution >= 4 is 21.5 Å². The maximum Gasteiger partial charge on any atom is 0.0165 e. The zero-order chi connectivity index (χ0) is 29.4. The number of rotatable bonds is 3. The normalized spacial score (nSPS) is 16.2. The molecule has 0 aromatic heterocycles. The van der Waals surface area contributed by atoms with Gasteiger partial charge in [0.15, 0.2) is 0 Å². The highest BCUT2D eigenvalue weighted by Gasteiger charge is 2.38. The zero-order valence-electron chi connectivity index (χ0n) is 25.3. The topological polar surface area (TPSA) is 0 Å². The molecule has 7 aromatic carbocycles. The minimum Gasteiger partial charge on any atom is -0.0622 e. The lowest BCUT2D eigenvalue weighted by Gasteiger charge is -2.24. The summed E-state index contributed by atoms with van der Waals surface area (Å²) in [5, 5.41) is 5.33. The molecule has 0 radical (unpaired) electrons. The van der Waals surface area contributed by atoms with Crippen molar-refractivity contribution < 1.29 is 0 Å². The fourth-order valence-corrected chi connectivity index (χ4v) is 8.38. The molecule has 0 fully saturated rings. The summed E-state index contributed by atoms with van der Waals surface area (Å²) in [6.07, 6.45) is 2.37. The molecule has 2 aliphatic rings. The van der Waals surface area contributed by atoms with E-state index in [1.54, 1.807) is 0 Å². The van der Waals surface area contributed by atoms with Gasteiger partial charge in [0, 0.05) is 11.3 Å². The van der Waals surface area contributed by atoms with Crippen molar-refractivity contribution in [1.29, 1.82) is 0 Å². The van der Waals surface area contributed by atoms with Gasteiger partial charge in [0.05, 0.1) is 0 Å². The first kappa shape index (κ1) is 25.5. The average Bonchev–Trinajstić information content (AvgIpc) is 3.61. The first-order chi connectivity index (χ1) is 21.6. The Balaban J connectivity index is 1.28. The molecule has 0 aliphatic heterocycles. The van der Waals surface area contributed by atoms with Gasteiger partial charge < -0.3 is 0 Å². The van der Waals surface area contributed by atoms with Gasteiger partial charge in [-0.25, -0.2) is 0 Å². The molecule has 0 N–H and O–H groups in total. The monoisotopic (exact) mass is 562 g/mol. The lowest BCUT2D eigenvalue weighted by Crippen LogP contribution is -2.15. The number of aryl methyl sites for hydroxylation is 1. The first-order valence-electron chi connectivity index (χ1n) is 16.0. The molecular weight excluding hydrogens is 528 g/mol. The van der Waals surface area contributed by atoms with Crippen molar-refractivity contribution in [2.75, 3.05) is 0 Å². The number of hydrogen-bond acceptors (Lipinski definition) is 0. The van der Waals surface area contributed by atoms with Gasteiger partial charge in [0.25, 0.3) is 0 Å². The van der Waals surface area contributed by atoms with Crippen LogP contribution in [0.25, 0.3) is 54.9 Å². The summed E-state index contributed by atoms with van der Waals surface area (Å²) in [7, 11) is 0. The van der Waals surface area contributed by atoms with E-state index in [-0.39, 0.29) is 5.41 Å². The van der Waals surface area contributed by atoms with E-state index >= 15 is 0 Å². The minimum absolute atomic E-state index is 0.0953. The predicted octanol–water partition coefficient (Wildman–Crippen LogP) is 11.7. The third kappa shape index (κ3) is 3.70. The molecule has 1 unspecified atom stereocenters. The SMILES string of the molecule is CC1(C)c2ccc(C3CCc4ccccc43)cc2-c2ccc3c(cc(-c4ccccc4)c4cc(-c5ccccc5)ccc43)c21. The molecule has 0 heterocycles. The van der Waals surface area contributed by atoms with E-state index in [9.17, 15) is 0 Å². The molecule has 2 aliphatic carbocycles. The zero-order valence-corrected chi connectivity index (χ0v) is 25.3. The molecule has 1 atom stereocenters. The molecule has 210 valence electrons. The molecular formula is C44H34. The van der Waals surface area contributed by atoms with E-state index < -0.39 is 0 Å². The third-order valence-corrected chi connectivity index (χ3v) is 10.5. The van der Waals surface area contributed by atoms with Crippen molar-refractivity contribution in [2.45, 2.75) is 38.0 Å². The summed E-state index contributed by atoms with van der Waals surface area (Å²) in [6.45, 7) is 4.85. The Morgan fingerprint density at radius 3 is 2.02 bits per heavy atom. The molecule has 9 rings (SSSR count). The Hall–Kier alpha value is -4.94. The van der Waals surface area contributed by atoms with E-state index in [2.05, 4.69) is 153 Å². The molecule has 7 aromatic rings. The van der Waals surface area contributed by atoms with Crippen LogP contribution < -0.4 is 0 Å². The van der Waals surface area contributed by atoms with Gasteiger partial charge in [-0.05, 0) is 108 Å². The Bertz CT molecular complexity index is 2240. The van der Waals surface area contributed by atoms with Gasteiger partial charge in [-0.3, -0.25) is 0 Å². The molecule has 0 spiro atoms. The van der Waals surface area contributed by atoms with E-state index in [1.807, 2.05) is 0 Å². The summed E-state index contributed by atoms with van der Waals surface area (Å²) < 4.78 is 0. The van der Waals surface area contributed by atoms with Crippen molar-refractivity contribution in [1.82, 2.24) is 0 Å². The van der Waals surface area contributed by atoms with Gasteiger partial charge in [0.2, 0.25) is 0 Å². The van der Waals surface area contributed by atoms with Crippen LogP contribution in [-0.2, 0) is 11.8 Å². The molecule has 44 heavy (non-hydrogen) atoms. The molecule has 0 saturated heterocycles. The Morgan fingerprint density at radius 2 is 1.20 bits per heavy atom. The Kier molecular flexibility index (Phi) is 5.53. The fraction of sp³-hybridized carbons (Fsp3) is 0.136. The number of benzene rings is 7. The van der Waals surface area contributed by atoms with Crippen molar-refractivity contribution in [3.63, 3.8) is 0 Å². The van der Waals surface area contributed by atoms with Crippen LogP contribution in [0.3, 0.4) is 0 Å².